The molecule has 1 atom stereocenters. The summed E-state index contributed by atoms with van der Waals surface area (Å²) in [6, 6.07) is 5.50. The number of hydrogen-bond acceptors (Lipinski definition) is 5. The molecule has 1 aliphatic heterocycles. The van der Waals surface area contributed by atoms with E-state index < -0.39 is 14.6 Å². The van der Waals surface area contributed by atoms with Crippen molar-refractivity contribution in [1.82, 2.24) is 4.90 Å². The van der Waals surface area contributed by atoms with Gasteiger partial charge in [-0.25, -0.2) is 4.21 Å². The van der Waals surface area contributed by atoms with Crippen LogP contribution >= 0.6 is 0 Å². The van der Waals surface area contributed by atoms with E-state index in [0.717, 1.165) is 13.1 Å². The number of rotatable bonds is 4. The second-order valence-corrected chi connectivity index (χ2v) is 6.58. The lowest BCUT2D eigenvalue weighted by molar-refractivity contribution is -0.384. The first kappa shape index (κ1) is 14.9. The molecule has 8 heteroatoms. The normalized spacial score (nSPS) is 19.2. The summed E-state index contributed by atoms with van der Waals surface area (Å²) in [6.07, 6.45) is 0. The lowest BCUT2D eigenvalue weighted by Crippen LogP contribution is -2.38. The summed E-state index contributed by atoms with van der Waals surface area (Å²) < 4.78 is 17.6. The Hall–Kier alpha value is -1.48. The molecule has 2 N–H and O–H groups in total. The summed E-state index contributed by atoms with van der Waals surface area (Å²) in [4.78, 5) is 12.6. The van der Waals surface area contributed by atoms with Gasteiger partial charge in [0.2, 0.25) is 0 Å². The SMILES string of the molecule is NS(=O)(=CCN1CCOCC1)c1ccc([N+](=O)[O-])cc1. The molecular weight excluding hydrogens is 282 g/mol. The maximum atomic E-state index is 12.4. The van der Waals surface area contributed by atoms with Gasteiger partial charge in [0.05, 0.1) is 27.8 Å². The van der Waals surface area contributed by atoms with Gasteiger partial charge >= 0.3 is 0 Å². The maximum absolute atomic E-state index is 12.4. The molecule has 0 saturated carbocycles. The molecule has 0 radical (unpaired) electrons. The molecule has 2 rings (SSSR count). The smallest absolute Gasteiger partial charge is 0.269 e. The third-order valence-corrected chi connectivity index (χ3v) is 4.75. The minimum Gasteiger partial charge on any atom is -0.379 e. The molecule has 0 aliphatic carbocycles. The largest absolute Gasteiger partial charge is 0.379 e. The Bertz CT molecular complexity index is 587. The van der Waals surface area contributed by atoms with Crippen LogP contribution in [0.3, 0.4) is 0 Å². The van der Waals surface area contributed by atoms with Crippen LogP contribution in [0.4, 0.5) is 5.69 Å². The minimum atomic E-state index is -2.78. The number of non-ortho nitro benzene ring substituents is 1. The zero-order chi connectivity index (χ0) is 14.6. The molecule has 7 nitrogen and oxygen atoms in total. The molecule has 1 heterocycles. The average Bonchev–Trinajstić information content (AvgIpc) is 2.46. The van der Waals surface area contributed by atoms with Gasteiger partial charge in [-0.3, -0.25) is 20.2 Å². The van der Waals surface area contributed by atoms with Crippen molar-refractivity contribution >= 4 is 20.8 Å². The van der Waals surface area contributed by atoms with Crippen molar-refractivity contribution in [2.75, 3.05) is 32.8 Å². The minimum absolute atomic E-state index is 0.0443. The fraction of sp³-hybridized carbons (Fsp3) is 0.417. The highest BCUT2D eigenvalue weighted by atomic mass is 32.2. The maximum Gasteiger partial charge on any atom is 0.269 e. The third kappa shape index (κ3) is 3.76. The summed E-state index contributed by atoms with van der Waals surface area (Å²) in [5.41, 5.74) is -0.0443. The summed E-state index contributed by atoms with van der Waals surface area (Å²) in [5.74, 6) is 0. The number of hydrogen-bond donors (Lipinski definition) is 1. The van der Waals surface area contributed by atoms with Crippen LogP contribution in [-0.2, 0) is 14.4 Å². The Balaban J connectivity index is 2.11. The summed E-state index contributed by atoms with van der Waals surface area (Å²) in [6.45, 7) is 3.41. The Labute approximate surface area is 117 Å². The van der Waals surface area contributed by atoms with Crippen LogP contribution in [0.2, 0.25) is 0 Å². The van der Waals surface area contributed by atoms with Crippen molar-refractivity contribution in [3.05, 3.63) is 34.4 Å². The van der Waals surface area contributed by atoms with Crippen LogP contribution in [0.1, 0.15) is 0 Å². The number of ether oxygens (including phenoxy) is 1. The predicted octanol–water partition coefficient (Wildman–Crippen LogP) is 0.246. The van der Waals surface area contributed by atoms with E-state index in [0.29, 0.717) is 24.7 Å². The summed E-state index contributed by atoms with van der Waals surface area (Å²) in [5, 5.41) is 18.0. The molecule has 110 valence electrons. The van der Waals surface area contributed by atoms with E-state index in [-0.39, 0.29) is 5.69 Å². The Morgan fingerprint density at radius 1 is 1.35 bits per heavy atom. The molecule has 1 unspecified atom stereocenters. The number of nitrogens with two attached hydrogens (primary N) is 1. The fourth-order valence-corrected chi connectivity index (χ4v) is 3.06. The van der Waals surface area contributed by atoms with E-state index in [1.807, 2.05) is 0 Å². The van der Waals surface area contributed by atoms with Gasteiger partial charge in [0, 0.05) is 42.0 Å². The Morgan fingerprint density at radius 3 is 2.50 bits per heavy atom. The van der Waals surface area contributed by atoms with Gasteiger partial charge in [-0.15, -0.1) is 0 Å². The summed E-state index contributed by atoms with van der Waals surface area (Å²) in [7, 11) is -2.78. The first-order valence-electron chi connectivity index (χ1n) is 6.19. The van der Waals surface area contributed by atoms with E-state index in [9.17, 15) is 14.3 Å². The van der Waals surface area contributed by atoms with Gasteiger partial charge in [0.15, 0.2) is 0 Å². The first-order chi connectivity index (χ1) is 9.49. The quantitative estimate of drug-likeness (QED) is 0.488. The van der Waals surface area contributed by atoms with E-state index in [2.05, 4.69) is 4.90 Å². The number of morpholine rings is 1. The summed E-state index contributed by atoms with van der Waals surface area (Å²) >= 11 is 0. The van der Waals surface area contributed by atoms with Crippen LogP contribution in [0, 0.1) is 10.1 Å². The van der Waals surface area contributed by atoms with Crippen LogP contribution in [0.15, 0.2) is 29.2 Å². The fourth-order valence-electron chi connectivity index (χ4n) is 1.88. The second kappa shape index (κ2) is 6.31. The molecule has 1 saturated heterocycles. The van der Waals surface area contributed by atoms with Crippen molar-refractivity contribution in [3.8, 4) is 0 Å². The number of nitrogens with zero attached hydrogens (tertiary/aromatic N) is 2. The molecule has 0 amide bonds. The van der Waals surface area contributed by atoms with E-state index in [4.69, 9.17) is 9.88 Å². The van der Waals surface area contributed by atoms with E-state index in [1.165, 1.54) is 24.3 Å². The van der Waals surface area contributed by atoms with Crippen molar-refractivity contribution in [2.24, 2.45) is 5.14 Å². The number of nitro groups is 1. The highest BCUT2D eigenvalue weighted by Crippen LogP contribution is 2.14. The van der Waals surface area contributed by atoms with Crippen LogP contribution < -0.4 is 5.14 Å². The molecule has 0 aromatic heterocycles. The second-order valence-electron chi connectivity index (χ2n) is 4.48. The van der Waals surface area contributed by atoms with Gasteiger partial charge in [0.25, 0.3) is 5.69 Å². The Morgan fingerprint density at radius 2 is 1.95 bits per heavy atom. The predicted molar refractivity (Wildman–Crippen MR) is 77.0 cm³/mol. The van der Waals surface area contributed by atoms with E-state index >= 15 is 0 Å². The highest BCUT2D eigenvalue weighted by Gasteiger charge is 2.12. The van der Waals surface area contributed by atoms with Gasteiger partial charge < -0.3 is 4.74 Å². The zero-order valence-corrected chi connectivity index (χ0v) is 11.8. The molecule has 1 aromatic rings. The molecular formula is C12H17N3O4S. The lowest BCUT2D eigenvalue weighted by Gasteiger charge is -2.25. The van der Waals surface area contributed by atoms with E-state index in [1.54, 1.807) is 5.37 Å². The molecule has 1 fully saturated rings. The topological polar surface area (TPSA) is 98.7 Å². The standard InChI is InChI=1S/C12H17N3O4S/c13-20(18,10-7-14-5-8-19-9-6-14)12-3-1-11(2-4-12)15(16)17/h1-4,10H,5-9H2,(H2,13,18). The molecule has 20 heavy (non-hydrogen) atoms. The molecule has 1 aromatic carbocycles. The highest BCUT2D eigenvalue weighted by molar-refractivity contribution is 7.99. The van der Waals surface area contributed by atoms with Crippen LogP contribution in [0.25, 0.3) is 0 Å². The number of benzene rings is 1. The van der Waals surface area contributed by atoms with Crippen LogP contribution in [-0.4, -0.2) is 52.2 Å². The lowest BCUT2D eigenvalue weighted by atomic mass is 10.3. The third-order valence-electron chi connectivity index (χ3n) is 3.10. The van der Waals surface area contributed by atoms with Crippen molar-refractivity contribution in [1.29, 1.82) is 0 Å². The molecule has 1 aliphatic rings. The van der Waals surface area contributed by atoms with Crippen molar-refractivity contribution in [3.63, 3.8) is 0 Å². The van der Waals surface area contributed by atoms with Crippen molar-refractivity contribution in [2.45, 2.75) is 4.90 Å². The van der Waals surface area contributed by atoms with Gasteiger partial charge in [-0.05, 0) is 12.1 Å². The molecule has 0 bridgehead atoms. The Kier molecular flexibility index (Phi) is 4.71. The number of nitro benzene ring substituents is 1. The van der Waals surface area contributed by atoms with Gasteiger partial charge in [0.1, 0.15) is 0 Å². The molecule has 0 spiro atoms. The van der Waals surface area contributed by atoms with Gasteiger partial charge in [-0.1, -0.05) is 0 Å². The van der Waals surface area contributed by atoms with Crippen molar-refractivity contribution < 1.29 is 13.9 Å². The average molecular weight is 299 g/mol. The monoisotopic (exact) mass is 299 g/mol. The first-order valence-corrected chi connectivity index (χ1v) is 7.87. The zero-order valence-electron chi connectivity index (χ0n) is 10.9. The van der Waals surface area contributed by atoms with Crippen LogP contribution in [0.5, 0.6) is 0 Å². The van der Waals surface area contributed by atoms with Gasteiger partial charge in [-0.2, -0.15) is 0 Å².